The maximum Gasteiger partial charge on any atom is 0.336 e. The highest BCUT2D eigenvalue weighted by Crippen LogP contribution is 2.08. The van der Waals surface area contributed by atoms with E-state index < -0.39 is 5.97 Å². The molecule has 2 aromatic rings. The van der Waals surface area contributed by atoms with Crippen LogP contribution in [-0.2, 0) is 0 Å². The molecular weight excluding hydrogens is 245 g/mol. The number of pyridine rings is 1. The van der Waals surface area contributed by atoms with Crippen LogP contribution >= 0.6 is 0 Å². The van der Waals surface area contributed by atoms with Crippen molar-refractivity contribution in [3.8, 4) is 11.8 Å². The molecular formula is C15H10FNO2. The molecule has 0 aliphatic heterocycles. The average Bonchev–Trinajstić information content (AvgIpc) is 2.37. The number of aryl methyl sites for hydroxylation is 1. The third-order valence-corrected chi connectivity index (χ3v) is 2.49. The Labute approximate surface area is 109 Å². The van der Waals surface area contributed by atoms with E-state index in [1.807, 2.05) is 0 Å². The quantitative estimate of drug-likeness (QED) is 0.797. The highest BCUT2D eigenvalue weighted by Gasteiger charge is 2.07. The van der Waals surface area contributed by atoms with Crippen molar-refractivity contribution in [3.63, 3.8) is 0 Å². The standard InChI is InChI=1S/C15H10FNO2/c1-10-9-17-13(8-14(10)15(18)19)6-5-11-3-2-4-12(16)7-11/h2-4,7-9H,1H3,(H,18,19). The van der Waals surface area contributed by atoms with Gasteiger partial charge in [-0.3, -0.25) is 0 Å². The molecule has 0 radical (unpaired) electrons. The Hall–Kier alpha value is -2.67. The largest absolute Gasteiger partial charge is 0.478 e. The maximum atomic E-state index is 13.0. The van der Waals surface area contributed by atoms with Gasteiger partial charge in [-0.15, -0.1) is 0 Å². The van der Waals surface area contributed by atoms with Gasteiger partial charge in [-0.2, -0.15) is 0 Å². The second kappa shape index (κ2) is 5.32. The van der Waals surface area contributed by atoms with Crippen molar-refractivity contribution in [1.29, 1.82) is 0 Å². The van der Waals surface area contributed by atoms with E-state index in [4.69, 9.17) is 5.11 Å². The fraction of sp³-hybridized carbons (Fsp3) is 0.0667. The van der Waals surface area contributed by atoms with Crippen LogP contribution in [0.15, 0.2) is 36.5 Å². The summed E-state index contributed by atoms with van der Waals surface area (Å²) < 4.78 is 13.0. The van der Waals surface area contributed by atoms with E-state index in [0.29, 0.717) is 16.8 Å². The molecule has 0 saturated carbocycles. The van der Waals surface area contributed by atoms with Gasteiger partial charge in [0.25, 0.3) is 0 Å². The van der Waals surface area contributed by atoms with Gasteiger partial charge in [-0.05, 0) is 42.7 Å². The highest BCUT2D eigenvalue weighted by atomic mass is 19.1. The number of halogens is 1. The van der Waals surface area contributed by atoms with Gasteiger partial charge >= 0.3 is 5.97 Å². The third-order valence-electron chi connectivity index (χ3n) is 2.49. The zero-order valence-electron chi connectivity index (χ0n) is 10.1. The van der Waals surface area contributed by atoms with Crippen molar-refractivity contribution in [1.82, 2.24) is 4.98 Å². The molecule has 2 rings (SSSR count). The molecule has 94 valence electrons. The second-order valence-electron chi connectivity index (χ2n) is 3.95. The molecule has 1 aromatic heterocycles. The number of hydrogen-bond acceptors (Lipinski definition) is 2. The van der Waals surface area contributed by atoms with Crippen LogP contribution in [-0.4, -0.2) is 16.1 Å². The first-order valence-corrected chi connectivity index (χ1v) is 5.54. The number of carbonyl (C=O) groups is 1. The summed E-state index contributed by atoms with van der Waals surface area (Å²) in [6.45, 7) is 1.67. The minimum Gasteiger partial charge on any atom is -0.478 e. The minimum atomic E-state index is -1.02. The molecule has 0 amide bonds. The van der Waals surface area contributed by atoms with E-state index in [0.717, 1.165) is 0 Å². The van der Waals surface area contributed by atoms with Gasteiger partial charge in [0.15, 0.2) is 0 Å². The molecule has 0 atom stereocenters. The van der Waals surface area contributed by atoms with Gasteiger partial charge in [0.05, 0.1) is 5.56 Å². The highest BCUT2D eigenvalue weighted by molar-refractivity contribution is 5.89. The van der Waals surface area contributed by atoms with E-state index in [2.05, 4.69) is 16.8 Å². The van der Waals surface area contributed by atoms with Crippen LogP contribution in [0.2, 0.25) is 0 Å². The SMILES string of the molecule is Cc1cnc(C#Cc2cccc(F)c2)cc1C(=O)O. The van der Waals surface area contributed by atoms with Gasteiger partial charge in [0, 0.05) is 11.8 Å². The Bertz CT molecular complexity index is 699. The summed E-state index contributed by atoms with van der Waals surface area (Å²) in [4.78, 5) is 15.0. The van der Waals surface area contributed by atoms with Crippen LogP contribution in [0.4, 0.5) is 4.39 Å². The first-order valence-electron chi connectivity index (χ1n) is 5.54. The number of carboxylic acids is 1. The molecule has 1 N–H and O–H groups in total. The van der Waals surface area contributed by atoms with Crippen LogP contribution in [0.3, 0.4) is 0 Å². The zero-order valence-corrected chi connectivity index (χ0v) is 10.1. The summed E-state index contributed by atoms with van der Waals surface area (Å²) >= 11 is 0. The Kier molecular flexibility index (Phi) is 3.58. The fourth-order valence-electron chi connectivity index (χ4n) is 1.52. The van der Waals surface area contributed by atoms with E-state index in [-0.39, 0.29) is 11.4 Å². The van der Waals surface area contributed by atoms with Crippen LogP contribution in [0, 0.1) is 24.6 Å². The number of benzene rings is 1. The number of carboxylic acid groups (broad SMARTS) is 1. The predicted molar refractivity (Wildman–Crippen MR) is 68.3 cm³/mol. The van der Waals surface area contributed by atoms with E-state index in [9.17, 15) is 9.18 Å². The summed E-state index contributed by atoms with van der Waals surface area (Å²) in [5.74, 6) is 4.08. The lowest BCUT2D eigenvalue weighted by Gasteiger charge is -1.99. The Morgan fingerprint density at radius 2 is 2.11 bits per heavy atom. The molecule has 0 fully saturated rings. The Morgan fingerprint density at radius 3 is 2.79 bits per heavy atom. The predicted octanol–water partition coefficient (Wildman–Crippen LogP) is 2.63. The van der Waals surface area contributed by atoms with Crippen molar-refractivity contribution >= 4 is 5.97 Å². The Morgan fingerprint density at radius 1 is 1.32 bits per heavy atom. The lowest BCUT2D eigenvalue weighted by Crippen LogP contribution is -2.01. The van der Waals surface area contributed by atoms with Gasteiger partial charge in [-0.25, -0.2) is 14.2 Å². The van der Waals surface area contributed by atoms with Gasteiger partial charge in [0.2, 0.25) is 0 Å². The topological polar surface area (TPSA) is 50.2 Å². The van der Waals surface area contributed by atoms with Crippen molar-refractivity contribution in [2.24, 2.45) is 0 Å². The zero-order chi connectivity index (χ0) is 13.8. The molecule has 0 unspecified atom stereocenters. The summed E-state index contributed by atoms with van der Waals surface area (Å²) in [6, 6.07) is 7.27. The Balaban J connectivity index is 2.35. The number of rotatable bonds is 1. The average molecular weight is 255 g/mol. The van der Waals surface area contributed by atoms with E-state index in [1.54, 1.807) is 19.1 Å². The summed E-state index contributed by atoms with van der Waals surface area (Å²) in [7, 11) is 0. The van der Waals surface area contributed by atoms with Crippen molar-refractivity contribution in [2.75, 3.05) is 0 Å². The minimum absolute atomic E-state index is 0.165. The molecule has 4 heteroatoms. The van der Waals surface area contributed by atoms with Gasteiger partial charge in [-0.1, -0.05) is 12.0 Å². The number of nitrogens with zero attached hydrogens (tertiary/aromatic N) is 1. The van der Waals surface area contributed by atoms with Crippen molar-refractivity contribution < 1.29 is 14.3 Å². The maximum absolute atomic E-state index is 13.0. The first kappa shape index (κ1) is 12.8. The van der Waals surface area contributed by atoms with Crippen LogP contribution < -0.4 is 0 Å². The molecule has 0 saturated heterocycles. The smallest absolute Gasteiger partial charge is 0.336 e. The first-order chi connectivity index (χ1) is 9.06. The van der Waals surface area contributed by atoms with E-state index in [1.165, 1.54) is 24.4 Å². The molecule has 1 heterocycles. The van der Waals surface area contributed by atoms with Crippen LogP contribution in [0.5, 0.6) is 0 Å². The molecule has 0 spiro atoms. The van der Waals surface area contributed by atoms with Crippen molar-refractivity contribution in [2.45, 2.75) is 6.92 Å². The molecule has 0 aliphatic carbocycles. The van der Waals surface area contributed by atoms with Crippen LogP contribution in [0.25, 0.3) is 0 Å². The van der Waals surface area contributed by atoms with Gasteiger partial charge in [0.1, 0.15) is 11.5 Å². The second-order valence-corrected chi connectivity index (χ2v) is 3.95. The van der Waals surface area contributed by atoms with Gasteiger partial charge < -0.3 is 5.11 Å². The number of aromatic carboxylic acids is 1. The summed E-state index contributed by atoms with van der Waals surface area (Å²) in [6.07, 6.45) is 1.46. The molecule has 0 aliphatic rings. The van der Waals surface area contributed by atoms with E-state index >= 15 is 0 Å². The third kappa shape index (κ3) is 3.17. The number of aromatic nitrogens is 1. The van der Waals surface area contributed by atoms with Crippen molar-refractivity contribution in [3.05, 3.63) is 64.7 Å². The monoisotopic (exact) mass is 255 g/mol. The lowest BCUT2D eigenvalue weighted by atomic mass is 10.1. The fourth-order valence-corrected chi connectivity index (χ4v) is 1.52. The molecule has 0 bridgehead atoms. The molecule has 1 aromatic carbocycles. The lowest BCUT2D eigenvalue weighted by molar-refractivity contribution is 0.0696. The summed E-state index contributed by atoms with van der Waals surface area (Å²) in [5, 5.41) is 8.99. The molecule has 19 heavy (non-hydrogen) atoms. The normalized spacial score (nSPS) is 9.58. The summed E-state index contributed by atoms with van der Waals surface area (Å²) in [5.41, 5.74) is 1.59. The number of hydrogen-bond donors (Lipinski definition) is 1. The van der Waals surface area contributed by atoms with Crippen LogP contribution in [0.1, 0.15) is 27.2 Å². The molecule has 3 nitrogen and oxygen atoms in total.